The molecule has 1 aliphatic carbocycles. The van der Waals surface area contributed by atoms with Gasteiger partial charge in [-0.1, -0.05) is 19.3 Å². The van der Waals surface area contributed by atoms with E-state index in [1.807, 2.05) is 0 Å². The first-order valence-electron chi connectivity index (χ1n) is 7.48. The van der Waals surface area contributed by atoms with Crippen LogP contribution in [0.5, 0.6) is 0 Å². The van der Waals surface area contributed by atoms with E-state index in [9.17, 15) is 5.11 Å². The monoisotopic (exact) mass is 257 g/mol. The minimum atomic E-state index is -0.0245. The van der Waals surface area contributed by atoms with Crippen molar-refractivity contribution in [2.75, 3.05) is 32.9 Å². The van der Waals surface area contributed by atoms with E-state index in [1.54, 1.807) is 0 Å². The maximum absolute atomic E-state index is 9.20. The molecule has 4 heteroatoms. The van der Waals surface area contributed by atoms with Crippen molar-refractivity contribution in [1.29, 1.82) is 0 Å². The summed E-state index contributed by atoms with van der Waals surface area (Å²) in [6.07, 6.45) is 8.53. The quantitative estimate of drug-likeness (QED) is 0.787. The molecule has 4 nitrogen and oxygen atoms in total. The highest BCUT2D eigenvalue weighted by atomic mass is 16.7. The molecule has 0 aromatic rings. The van der Waals surface area contributed by atoms with Crippen molar-refractivity contribution in [1.82, 2.24) is 4.90 Å². The Morgan fingerprint density at radius 3 is 2.33 bits per heavy atom. The van der Waals surface area contributed by atoms with Crippen LogP contribution in [0.2, 0.25) is 0 Å². The highest BCUT2D eigenvalue weighted by Crippen LogP contribution is 2.23. The fourth-order valence-corrected chi connectivity index (χ4v) is 3.03. The molecule has 0 spiro atoms. The van der Waals surface area contributed by atoms with Crippen LogP contribution in [0.3, 0.4) is 0 Å². The topological polar surface area (TPSA) is 41.9 Å². The van der Waals surface area contributed by atoms with Crippen molar-refractivity contribution in [3.8, 4) is 0 Å². The first-order chi connectivity index (χ1) is 8.90. The van der Waals surface area contributed by atoms with E-state index in [0.717, 1.165) is 39.1 Å². The lowest BCUT2D eigenvalue weighted by atomic mass is 9.94. The summed E-state index contributed by atoms with van der Waals surface area (Å²) in [6, 6.07) is 0.662. The zero-order chi connectivity index (χ0) is 12.6. The second-order valence-corrected chi connectivity index (χ2v) is 5.36. The van der Waals surface area contributed by atoms with Gasteiger partial charge >= 0.3 is 0 Å². The van der Waals surface area contributed by atoms with Gasteiger partial charge in [-0.2, -0.15) is 0 Å². The Morgan fingerprint density at radius 1 is 0.944 bits per heavy atom. The molecule has 0 unspecified atom stereocenters. The van der Waals surface area contributed by atoms with E-state index in [1.165, 1.54) is 32.1 Å². The second kappa shape index (κ2) is 8.10. The van der Waals surface area contributed by atoms with Gasteiger partial charge in [0.15, 0.2) is 6.29 Å². The largest absolute Gasteiger partial charge is 0.395 e. The molecule has 1 saturated carbocycles. The number of aliphatic hydroxyl groups excluding tert-OH is 1. The van der Waals surface area contributed by atoms with Gasteiger partial charge in [0.1, 0.15) is 0 Å². The first-order valence-corrected chi connectivity index (χ1v) is 7.48. The van der Waals surface area contributed by atoms with Gasteiger partial charge < -0.3 is 14.6 Å². The average Bonchev–Trinajstić information content (AvgIpc) is 2.45. The number of hydrogen-bond donors (Lipinski definition) is 1. The Morgan fingerprint density at radius 2 is 1.67 bits per heavy atom. The van der Waals surface area contributed by atoms with Crippen LogP contribution >= 0.6 is 0 Å². The SMILES string of the molecule is OCCN(CCC1OCCCO1)C1CCCCC1. The van der Waals surface area contributed by atoms with Crippen LogP contribution in [0, 0.1) is 0 Å². The maximum atomic E-state index is 9.20. The van der Waals surface area contributed by atoms with Crippen LogP contribution in [0.25, 0.3) is 0 Å². The molecular formula is C14H27NO3. The number of ether oxygens (including phenoxy) is 2. The fraction of sp³-hybridized carbons (Fsp3) is 1.00. The average molecular weight is 257 g/mol. The minimum Gasteiger partial charge on any atom is -0.395 e. The molecular weight excluding hydrogens is 230 g/mol. The highest BCUT2D eigenvalue weighted by molar-refractivity contribution is 4.76. The normalized spacial score (nSPS) is 23.7. The Bertz CT molecular complexity index is 213. The molecule has 0 atom stereocenters. The number of rotatable bonds is 6. The van der Waals surface area contributed by atoms with Crippen molar-refractivity contribution in [3.63, 3.8) is 0 Å². The standard InChI is InChI=1S/C14H27NO3/c16-10-9-15(13-5-2-1-3-6-13)8-7-14-17-11-4-12-18-14/h13-14,16H,1-12H2. The van der Waals surface area contributed by atoms with Crippen LogP contribution in [-0.4, -0.2) is 55.2 Å². The molecule has 1 aliphatic heterocycles. The summed E-state index contributed by atoms with van der Waals surface area (Å²) in [5, 5.41) is 9.20. The molecule has 2 fully saturated rings. The van der Waals surface area contributed by atoms with Crippen LogP contribution < -0.4 is 0 Å². The first kappa shape index (κ1) is 14.3. The third-order valence-electron chi connectivity index (χ3n) is 4.03. The molecule has 0 aromatic heterocycles. The molecule has 18 heavy (non-hydrogen) atoms. The Labute approximate surface area is 110 Å². The van der Waals surface area contributed by atoms with Crippen LogP contribution in [0.4, 0.5) is 0 Å². The van der Waals surface area contributed by atoms with E-state index >= 15 is 0 Å². The molecule has 1 heterocycles. The lowest BCUT2D eigenvalue weighted by Crippen LogP contribution is -2.41. The van der Waals surface area contributed by atoms with Crippen molar-refractivity contribution >= 4 is 0 Å². The summed E-state index contributed by atoms with van der Waals surface area (Å²) in [4.78, 5) is 2.43. The Kier molecular flexibility index (Phi) is 6.41. The highest BCUT2D eigenvalue weighted by Gasteiger charge is 2.22. The van der Waals surface area contributed by atoms with E-state index in [-0.39, 0.29) is 12.9 Å². The van der Waals surface area contributed by atoms with Gasteiger partial charge in [0.05, 0.1) is 19.8 Å². The van der Waals surface area contributed by atoms with Crippen molar-refractivity contribution in [2.24, 2.45) is 0 Å². The summed E-state index contributed by atoms with van der Waals surface area (Å²) in [7, 11) is 0. The summed E-state index contributed by atoms with van der Waals surface area (Å²) in [5.41, 5.74) is 0. The molecule has 0 bridgehead atoms. The zero-order valence-corrected chi connectivity index (χ0v) is 11.4. The van der Waals surface area contributed by atoms with Gasteiger partial charge in [0.25, 0.3) is 0 Å². The predicted molar refractivity (Wildman–Crippen MR) is 70.5 cm³/mol. The molecule has 1 N–H and O–H groups in total. The van der Waals surface area contributed by atoms with E-state index in [4.69, 9.17) is 9.47 Å². The van der Waals surface area contributed by atoms with E-state index in [0.29, 0.717) is 6.04 Å². The van der Waals surface area contributed by atoms with Gasteiger partial charge in [-0.3, -0.25) is 4.90 Å². The lowest BCUT2D eigenvalue weighted by Gasteiger charge is -2.35. The third-order valence-corrected chi connectivity index (χ3v) is 4.03. The van der Waals surface area contributed by atoms with Crippen molar-refractivity contribution in [3.05, 3.63) is 0 Å². The molecule has 2 aliphatic rings. The van der Waals surface area contributed by atoms with Crippen LogP contribution in [0.15, 0.2) is 0 Å². The molecule has 2 rings (SSSR count). The van der Waals surface area contributed by atoms with Gasteiger partial charge in [-0.05, 0) is 19.3 Å². The Hall–Kier alpha value is -0.160. The third kappa shape index (κ3) is 4.50. The van der Waals surface area contributed by atoms with Gasteiger partial charge in [0.2, 0.25) is 0 Å². The number of nitrogens with zero attached hydrogens (tertiary/aromatic N) is 1. The van der Waals surface area contributed by atoms with Crippen LogP contribution in [-0.2, 0) is 9.47 Å². The molecule has 106 valence electrons. The van der Waals surface area contributed by atoms with Crippen molar-refractivity contribution < 1.29 is 14.6 Å². The summed E-state index contributed by atoms with van der Waals surface area (Å²) >= 11 is 0. The minimum absolute atomic E-state index is 0.0245. The number of aliphatic hydroxyl groups is 1. The summed E-state index contributed by atoms with van der Waals surface area (Å²) in [5.74, 6) is 0. The molecule has 0 aromatic carbocycles. The summed E-state index contributed by atoms with van der Waals surface area (Å²) < 4.78 is 11.2. The molecule has 0 radical (unpaired) electrons. The van der Waals surface area contributed by atoms with E-state index < -0.39 is 0 Å². The van der Waals surface area contributed by atoms with Crippen molar-refractivity contribution in [2.45, 2.75) is 57.3 Å². The molecule has 1 saturated heterocycles. The van der Waals surface area contributed by atoms with E-state index in [2.05, 4.69) is 4.90 Å². The Balaban J connectivity index is 1.73. The molecule has 0 amide bonds. The maximum Gasteiger partial charge on any atom is 0.158 e. The summed E-state index contributed by atoms with van der Waals surface area (Å²) in [6.45, 7) is 3.68. The fourth-order valence-electron chi connectivity index (χ4n) is 3.03. The number of hydrogen-bond acceptors (Lipinski definition) is 4. The second-order valence-electron chi connectivity index (χ2n) is 5.36. The van der Waals surface area contributed by atoms with Crippen LogP contribution in [0.1, 0.15) is 44.9 Å². The lowest BCUT2D eigenvalue weighted by molar-refractivity contribution is -0.183. The van der Waals surface area contributed by atoms with Gasteiger partial charge in [-0.15, -0.1) is 0 Å². The van der Waals surface area contributed by atoms with Gasteiger partial charge in [0, 0.05) is 25.6 Å². The smallest absolute Gasteiger partial charge is 0.158 e. The zero-order valence-electron chi connectivity index (χ0n) is 11.4. The van der Waals surface area contributed by atoms with Gasteiger partial charge in [-0.25, -0.2) is 0 Å². The predicted octanol–water partition coefficient (Wildman–Crippen LogP) is 1.77.